The normalized spacial score (nSPS) is 16.5. The first kappa shape index (κ1) is 34.2. The average Bonchev–Trinajstić information content (AvgIpc) is 3.68. The highest BCUT2D eigenvalue weighted by molar-refractivity contribution is 7.54. The van der Waals surface area contributed by atoms with Crippen LogP contribution in [0.1, 0.15) is 58.1 Å². The molecule has 0 spiro atoms. The second-order valence-electron chi connectivity index (χ2n) is 11.5. The number of fused-ring (bicyclic) bond motifs is 1. The fourth-order valence-corrected chi connectivity index (χ4v) is 7.48. The van der Waals surface area contributed by atoms with Crippen molar-refractivity contribution in [3.63, 3.8) is 0 Å². The number of carbonyl (C=O) groups excluding carboxylic acids is 3. The molecule has 4 rings (SSSR count). The molecule has 0 aliphatic carbocycles. The molecule has 11 nitrogen and oxygen atoms in total. The van der Waals surface area contributed by atoms with E-state index in [1.165, 1.54) is 4.90 Å². The van der Waals surface area contributed by atoms with Crippen molar-refractivity contribution < 1.29 is 32.7 Å². The number of nitrogens with zero attached hydrogens (tertiary/aromatic N) is 1. The van der Waals surface area contributed by atoms with Gasteiger partial charge >= 0.3 is 13.7 Å². The maximum Gasteiger partial charge on any atom is 0.410 e. The summed E-state index contributed by atoms with van der Waals surface area (Å²) in [5.41, 5.74) is 2.60. The number of aromatic nitrogens is 1. The highest BCUT2D eigenvalue weighted by Crippen LogP contribution is 2.53. The summed E-state index contributed by atoms with van der Waals surface area (Å²) in [5.74, 6) is -1.89. The molecule has 1 aromatic heterocycles. The van der Waals surface area contributed by atoms with E-state index in [1.54, 1.807) is 13.8 Å². The Bertz CT molecular complexity index is 1470. The lowest BCUT2D eigenvalue weighted by Crippen LogP contribution is -2.55. The summed E-state index contributed by atoms with van der Waals surface area (Å²) in [5, 5.41) is 6.73. The zero-order chi connectivity index (χ0) is 32.4. The van der Waals surface area contributed by atoms with Gasteiger partial charge in [-0.3, -0.25) is 19.1 Å². The number of H-pyrrole nitrogens is 1. The van der Waals surface area contributed by atoms with E-state index in [2.05, 4.69) is 15.6 Å². The minimum absolute atomic E-state index is 0.0502. The Morgan fingerprint density at radius 2 is 1.69 bits per heavy atom. The minimum atomic E-state index is -3.82. The van der Waals surface area contributed by atoms with Crippen molar-refractivity contribution in [2.75, 3.05) is 19.8 Å². The molecule has 12 heteroatoms. The van der Waals surface area contributed by atoms with Crippen molar-refractivity contribution in [3.8, 4) is 0 Å². The van der Waals surface area contributed by atoms with Crippen molar-refractivity contribution in [1.82, 2.24) is 20.5 Å². The van der Waals surface area contributed by atoms with Gasteiger partial charge in [0.2, 0.25) is 11.8 Å². The standard InChI is InChI=1S/C33H45N4O7P/c1-5-43-45(41,44-6-2)30(20-25-21-34-27-16-11-10-15-26(25)27)36-31(38)28(19-23(3)4)35-32(39)29-17-12-18-37(29)33(40)42-22-24-13-8-7-9-14-24/h7-11,13-16,21,23,28-30,34H,5-6,12,17-20,22H2,1-4H3,(H,35,39)(H,36,38)/t28-,29-,30-/m0/s1. The maximum atomic E-state index is 14.1. The quantitative estimate of drug-likeness (QED) is 0.180. The summed E-state index contributed by atoms with van der Waals surface area (Å²) >= 11 is 0. The van der Waals surface area contributed by atoms with Crippen LogP contribution in [0, 0.1) is 5.92 Å². The van der Waals surface area contributed by atoms with E-state index in [9.17, 15) is 18.9 Å². The number of para-hydroxylation sites is 1. The molecule has 0 unspecified atom stereocenters. The molecule has 1 aliphatic heterocycles. The number of hydrogen-bond donors (Lipinski definition) is 3. The van der Waals surface area contributed by atoms with E-state index in [-0.39, 0.29) is 32.2 Å². The number of benzene rings is 2. The largest absolute Gasteiger partial charge is 0.445 e. The molecule has 3 atom stereocenters. The Labute approximate surface area is 264 Å². The van der Waals surface area contributed by atoms with Crippen molar-refractivity contribution in [2.24, 2.45) is 5.92 Å². The van der Waals surface area contributed by atoms with Crippen LogP contribution < -0.4 is 10.6 Å². The van der Waals surface area contributed by atoms with Crippen LogP contribution in [-0.2, 0) is 41.0 Å². The smallest absolute Gasteiger partial charge is 0.410 e. The second kappa shape index (κ2) is 16.1. The predicted molar refractivity (Wildman–Crippen MR) is 173 cm³/mol. The summed E-state index contributed by atoms with van der Waals surface area (Å²) < 4.78 is 30.9. The number of carbonyl (C=O) groups is 3. The van der Waals surface area contributed by atoms with Gasteiger partial charge in [0.15, 0.2) is 0 Å². The minimum Gasteiger partial charge on any atom is -0.445 e. The molecule has 244 valence electrons. The van der Waals surface area contributed by atoms with Crippen LogP contribution in [0.5, 0.6) is 0 Å². The summed E-state index contributed by atoms with van der Waals surface area (Å²) in [7, 11) is -3.82. The van der Waals surface area contributed by atoms with Crippen LogP contribution in [0.3, 0.4) is 0 Å². The highest BCUT2D eigenvalue weighted by atomic mass is 31.2. The van der Waals surface area contributed by atoms with Gasteiger partial charge in [-0.15, -0.1) is 0 Å². The van der Waals surface area contributed by atoms with Crippen LogP contribution in [0.4, 0.5) is 4.79 Å². The number of aromatic amines is 1. The summed E-state index contributed by atoms with van der Waals surface area (Å²) in [6.45, 7) is 8.06. The summed E-state index contributed by atoms with van der Waals surface area (Å²) in [4.78, 5) is 45.0. The van der Waals surface area contributed by atoms with Crippen LogP contribution in [0.15, 0.2) is 60.8 Å². The van der Waals surface area contributed by atoms with Crippen LogP contribution in [0.2, 0.25) is 0 Å². The molecule has 3 N–H and O–H groups in total. The van der Waals surface area contributed by atoms with Gasteiger partial charge in [-0.05, 0) is 56.2 Å². The molecule has 2 heterocycles. The first-order chi connectivity index (χ1) is 21.6. The molecule has 3 amide bonds. The van der Waals surface area contributed by atoms with Crippen molar-refractivity contribution in [1.29, 1.82) is 0 Å². The number of nitrogens with one attached hydrogen (secondary N) is 3. The topological polar surface area (TPSA) is 139 Å². The Kier molecular flexibility index (Phi) is 12.2. The van der Waals surface area contributed by atoms with Gasteiger partial charge in [0.05, 0.1) is 13.2 Å². The van der Waals surface area contributed by atoms with E-state index < -0.39 is 43.4 Å². The number of amides is 3. The third kappa shape index (κ3) is 8.96. The summed E-state index contributed by atoms with van der Waals surface area (Å²) in [6, 6.07) is 15.3. The van der Waals surface area contributed by atoms with Gasteiger partial charge in [-0.25, -0.2) is 4.79 Å². The van der Waals surface area contributed by atoms with Gasteiger partial charge < -0.3 is 29.4 Å². The maximum absolute atomic E-state index is 14.1. The lowest BCUT2D eigenvalue weighted by molar-refractivity contribution is -0.131. The SMILES string of the molecule is CCOP(=O)(OCC)[C@@H](Cc1c[nH]c2ccccc12)NC(=O)[C@H](CC(C)C)NC(=O)[C@@H]1CCCN1C(=O)OCc1ccccc1. The molecule has 45 heavy (non-hydrogen) atoms. The van der Waals surface area contributed by atoms with E-state index >= 15 is 0 Å². The third-order valence-electron chi connectivity index (χ3n) is 7.73. The predicted octanol–water partition coefficient (Wildman–Crippen LogP) is 5.75. The zero-order valence-electron chi connectivity index (χ0n) is 26.5. The Morgan fingerprint density at radius 3 is 2.38 bits per heavy atom. The number of ether oxygens (including phenoxy) is 1. The highest BCUT2D eigenvalue weighted by Gasteiger charge is 2.40. The van der Waals surface area contributed by atoms with Gasteiger partial charge in [-0.1, -0.05) is 62.4 Å². The van der Waals surface area contributed by atoms with Crippen LogP contribution in [0.25, 0.3) is 10.9 Å². The van der Waals surface area contributed by atoms with E-state index in [0.29, 0.717) is 25.8 Å². The molecule has 0 saturated carbocycles. The van der Waals surface area contributed by atoms with Crippen LogP contribution >= 0.6 is 7.60 Å². The van der Waals surface area contributed by atoms with Crippen LogP contribution in [-0.4, -0.2) is 65.4 Å². The molecular weight excluding hydrogens is 595 g/mol. The van der Waals surface area contributed by atoms with Gasteiger partial charge in [-0.2, -0.15) is 0 Å². The molecule has 1 aliphatic rings. The monoisotopic (exact) mass is 640 g/mol. The zero-order valence-corrected chi connectivity index (χ0v) is 27.4. The summed E-state index contributed by atoms with van der Waals surface area (Å²) in [6.07, 6.45) is 2.85. The number of hydrogen-bond acceptors (Lipinski definition) is 7. The first-order valence-electron chi connectivity index (χ1n) is 15.7. The molecule has 0 radical (unpaired) electrons. The van der Waals surface area contributed by atoms with Gasteiger partial charge in [0, 0.05) is 30.1 Å². The fraction of sp³-hybridized carbons (Fsp3) is 0.485. The molecule has 1 saturated heterocycles. The molecule has 0 bridgehead atoms. The molecule has 2 aromatic carbocycles. The first-order valence-corrected chi connectivity index (χ1v) is 17.3. The van der Waals surface area contributed by atoms with Gasteiger partial charge in [0.25, 0.3) is 0 Å². The number of likely N-dealkylation sites (tertiary alicyclic amines) is 1. The lowest BCUT2D eigenvalue weighted by Gasteiger charge is -2.30. The van der Waals surface area contributed by atoms with Crippen molar-refractivity contribution in [3.05, 3.63) is 71.9 Å². The van der Waals surface area contributed by atoms with Crippen molar-refractivity contribution in [2.45, 2.75) is 77.9 Å². The molecule has 3 aromatic rings. The van der Waals surface area contributed by atoms with E-state index in [4.69, 9.17) is 13.8 Å². The third-order valence-corrected chi connectivity index (χ3v) is 10.0. The Hall–Kier alpha value is -3.66. The molecular formula is C33H45N4O7P. The number of rotatable bonds is 15. The van der Waals surface area contributed by atoms with E-state index in [0.717, 1.165) is 22.0 Å². The van der Waals surface area contributed by atoms with Gasteiger partial charge in [0.1, 0.15) is 24.5 Å². The molecule has 1 fully saturated rings. The van der Waals surface area contributed by atoms with E-state index in [1.807, 2.05) is 74.6 Å². The second-order valence-corrected chi connectivity index (χ2v) is 13.8. The fourth-order valence-electron chi connectivity index (χ4n) is 5.62. The lowest BCUT2D eigenvalue weighted by atomic mass is 10.0. The Balaban J connectivity index is 1.50. The Morgan fingerprint density at radius 1 is 1.00 bits per heavy atom. The average molecular weight is 641 g/mol. The van der Waals surface area contributed by atoms with Crippen molar-refractivity contribution >= 4 is 36.4 Å².